The monoisotopic (exact) mass is 763 g/mol. The van der Waals surface area contributed by atoms with Crippen LogP contribution in [0.5, 0.6) is 0 Å². The summed E-state index contributed by atoms with van der Waals surface area (Å²) in [7, 11) is 0. The molecule has 0 bridgehead atoms. The smallest absolute Gasteiger partial charge is 0.326 e. The molecule has 15 N–H and O–H groups in total. The van der Waals surface area contributed by atoms with E-state index in [0.29, 0.717) is 0 Å². The highest BCUT2D eigenvalue weighted by Gasteiger charge is 2.33. The number of aliphatic hydroxyl groups excluding tert-OH is 4. The molecule has 0 aromatic rings. The SMILES string of the molecule is CC(C)[C@H](N)C(=O)N[C@@H](C)C(=O)N[C@@H](C)C(=O)NCC(=O)N[C@@H](CO)C(=O)N[C@@H](CO)C(=O)N[C@@H](CO)C(=O)N[C@@H](CO)C(=O)N[C@H](C(=O)O)C(C)C. The average molecular weight is 764 g/mol. The molecular formula is C30H53N9O14. The van der Waals surface area contributed by atoms with Crippen LogP contribution in [0.4, 0.5) is 0 Å². The van der Waals surface area contributed by atoms with E-state index in [9.17, 15) is 68.7 Å². The zero-order valence-corrected chi connectivity index (χ0v) is 30.3. The Morgan fingerprint density at radius 1 is 0.472 bits per heavy atom. The Bertz CT molecular complexity index is 1310. The Morgan fingerprint density at radius 3 is 1.19 bits per heavy atom. The molecule has 8 atom stereocenters. The number of carbonyl (C=O) groups excluding carboxylic acids is 8. The maximum absolute atomic E-state index is 12.7. The molecule has 0 heterocycles. The fourth-order valence-electron chi connectivity index (χ4n) is 4.01. The zero-order valence-electron chi connectivity index (χ0n) is 30.3. The minimum Gasteiger partial charge on any atom is -0.480 e. The summed E-state index contributed by atoms with van der Waals surface area (Å²) in [6, 6.07) is -11.5. The molecule has 0 aromatic carbocycles. The summed E-state index contributed by atoms with van der Waals surface area (Å²) in [5.74, 6) is -9.99. The van der Waals surface area contributed by atoms with Gasteiger partial charge in [-0.3, -0.25) is 38.4 Å². The van der Waals surface area contributed by atoms with Crippen molar-refractivity contribution in [2.75, 3.05) is 33.0 Å². The van der Waals surface area contributed by atoms with E-state index < -0.39 is 140 Å². The molecule has 0 aliphatic rings. The van der Waals surface area contributed by atoms with Crippen molar-refractivity contribution in [3.8, 4) is 0 Å². The summed E-state index contributed by atoms with van der Waals surface area (Å²) in [6.07, 6.45) is 0. The number of rotatable bonds is 23. The molecule has 0 saturated carbocycles. The number of aliphatic carboxylic acids is 1. The van der Waals surface area contributed by atoms with Crippen molar-refractivity contribution in [2.45, 2.75) is 89.9 Å². The summed E-state index contributed by atoms with van der Waals surface area (Å²) < 4.78 is 0. The van der Waals surface area contributed by atoms with Gasteiger partial charge in [0.05, 0.1) is 39.0 Å². The summed E-state index contributed by atoms with van der Waals surface area (Å²) in [5.41, 5.74) is 5.75. The highest BCUT2D eigenvalue weighted by atomic mass is 16.4. The van der Waals surface area contributed by atoms with Crippen molar-refractivity contribution in [1.29, 1.82) is 0 Å². The normalized spacial score (nSPS) is 15.6. The van der Waals surface area contributed by atoms with E-state index >= 15 is 0 Å². The van der Waals surface area contributed by atoms with Crippen LogP contribution >= 0.6 is 0 Å². The summed E-state index contributed by atoms with van der Waals surface area (Å²) in [4.78, 5) is 111. The van der Waals surface area contributed by atoms with E-state index in [1.165, 1.54) is 27.7 Å². The minimum absolute atomic E-state index is 0.192. The second-order valence-corrected chi connectivity index (χ2v) is 12.6. The Morgan fingerprint density at radius 2 is 0.830 bits per heavy atom. The standard InChI is InChI=1S/C30H53N9O14/c1-12(2)21(31)29(51)34-15(6)24(46)33-14(5)23(45)32-7-20(44)35-16(8-40)25(47)36-17(9-41)26(48)37-18(10-42)27(49)38-19(11-43)28(50)39-22(13(3)4)30(52)53/h12-19,21-22,40-43H,7-11,31H2,1-6H3,(H,32,45)(H,33,46)(H,34,51)(H,35,44)(H,36,47)(H,37,48)(H,38,49)(H,39,50)(H,52,53)/t14-,15-,16-,17-,18-,19-,21-,22-/m0/s1. The lowest BCUT2D eigenvalue weighted by molar-refractivity contribution is -0.144. The summed E-state index contributed by atoms with van der Waals surface area (Å²) in [6.45, 7) is 4.20. The highest BCUT2D eigenvalue weighted by Crippen LogP contribution is 2.03. The number of carboxylic acids is 1. The van der Waals surface area contributed by atoms with Gasteiger partial charge in [0.15, 0.2) is 0 Å². The number of aliphatic hydroxyl groups is 4. The van der Waals surface area contributed by atoms with E-state index in [1.54, 1.807) is 13.8 Å². The fraction of sp³-hybridized carbons (Fsp3) is 0.700. The van der Waals surface area contributed by atoms with Gasteiger partial charge in [-0.05, 0) is 25.7 Å². The van der Waals surface area contributed by atoms with Crippen LogP contribution in [0.25, 0.3) is 0 Å². The van der Waals surface area contributed by atoms with Crippen LogP contribution in [-0.4, -0.2) is 160 Å². The number of amides is 8. The third kappa shape index (κ3) is 16.5. The molecule has 302 valence electrons. The van der Waals surface area contributed by atoms with Gasteiger partial charge >= 0.3 is 5.97 Å². The van der Waals surface area contributed by atoms with Gasteiger partial charge in [-0.25, -0.2) is 4.79 Å². The molecule has 53 heavy (non-hydrogen) atoms. The van der Waals surface area contributed by atoms with Gasteiger partial charge in [-0.2, -0.15) is 0 Å². The maximum atomic E-state index is 12.7. The van der Waals surface area contributed by atoms with Crippen molar-refractivity contribution < 1.29 is 68.7 Å². The molecule has 0 radical (unpaired) electrons. The topological polar surface area (TPSA) is 377 Å². The van der Waals surface area contributed by atoms with Crippen LogP contribution in [0.1, 0.15) is 41.5 Å². The van der Waals surface area contributed by atoms with Gasteiger partial charge in [-0.1, -0.05) is 27.7 Å². The molecule has 0 saturated heterocycles. The Hall–Kier alpha value is -4.97. The van der Waals surface area contributed by atoms with Crippen LogP contribution in [0.2, 0.25) is 0 Å². The van der Waals surface area contributed by atoms with Gasteiger partial charge in [-0.15, -0.1) is 0 Å². The van der Waals surface area contributed by atoms with Crippen LogP contribution < -0.4 is 48.3 Å². The lowest BCUT2D eigenvalue weighted by Crippen LogP contribution is -2.61. The molecule has 0 aliphatic heterocycles. The van der Waals surface area contributed by atoms with Crippen LogP contribution in [0.3, 0.4) is 0 Å². The Kier molecular flexibility index (Phi) is 21.4. The summed E-state index contributed by atoms with van der Waals surface area (Å²) >= 11 is 0. The predicted molar refractivity (Wildman–Crippen MR) is 182 cm³/mol. The predicted octanol–water partition coefficient (Wildman–Crippen LogP) is -7.77. The quantitative estimate of drug-likeness (QED) is 0.0460. The number of carboxylic acid groups (broad SMARTS) is 1. The van der Waals surface area contributed by atoms with Crippen LogP contribution in [0.15, 0.2) is 0 Å². The highest BCUT2D eigenvalue weighted by molar-refractivity contribution is 5.97. The lowest BCUT2D eigenvalue weighted by atomic mass is 10.0. The second-order valence-electron chi connectivity index (χ2n) is 12.6. The molecule has 23 heteroatoms. The number of nitrogens with one attached hydrogen (secondary N) is 8. The van der Waals surface area contributed by atoms with E-state index in [2.05, 4.69) is 26.6 Å². The number of hydrogen-bond donors (Lipinski definition) is 14. The maximum Gasteiger partial charge on any atom is 0.326 e. The second kappa shape index (κ2) is 23.6. The largest absolute Gasteiger partial charge is 0.480 e. The molecule has 8 amide bonds. The van der Waals surface area contributed by atoms with E-state index in [-0.39, 0.29) is 5.92 Å². The van der Waals surface area contributed by atoms with Gasteiger partial charge in [0.1, 0.15) is 42.3 Å². The number of carbonyl (C=O) groups is 9. The van der Waals surface area contributed by atoms with Crippen molar-refractivity contribution in [2.24, 2.45) is 17.6 Å². The molecule has 0 spiro atoms. The van der Waals surface area contributed by atoms with Crippen LogP contribution in [-0.2, 0) is 43.2 Å². The Balaban J connectivity index is 5.18. The lowest BCUT2D eigenvalue weighted by Gasteiger charge is -2.25. The molecule has 0 rings (SSSR count). The molecular weight excluding hydrogens is 710 g/mol. The number of hydrogen-bond acceptors (Lipinski definition) is 14. The first-order valence-corrected chi connectivity index (χ1v) is 16.5. The van der Waals surface area contributed by atoms with Crippen molar-refractivity contribution >= 4 is 53.2 Å². The van der Waals surface area contributed by atoms with Gasteiger partial charge in [0.25, 0.3) is 0 Å². The minimum atomic E-state index is -1.81. The average Bonchev–Trinajstić information content (AvgIpc) is 3.10. The van der Waals surface area contributed by atoms with Crippen LogP contribution in [0, 0.1) is 11.8 Å². The van der Waals surface area contributed by atoms with E-state index in [4.69, 9.17) is 5.73 Å². The summed E-state index contributed by atoms with van der Waals surface area (Å²) in [5, 5.41) is 65.1. The third-order valence-corrected chi connectivity index (χ3v) is 7.46. The molecule has 0 unspecified atom stereocenters. The van der Waals surface area contributed by atoms with Gasteiger partial charge in [0, 0.05) is 0 Å². The first kappa shape index (κ1) is 48.0. The molecule has 23 nitrogen and oxygen atoms in total. The van der Waals surface area contributed by atoms with E-state index in [0.717, 1.165) is 0 Å². The van der Waals surface area contributed by atoms with Gasteiger partial charge < -0.3 is 73.8 Å². The zero-order chi connectivity index (χ0) is 41.2. The van der Waals surface area contributed by atoms with Crippen molar-refractivity contribution in [3.63, 3.8) is 0 Å². The fourth-order valence-corrected chi connectivity index (χ4v) is 4.01. The first-order valence-electron chi connectivity index (χ1n) is 16.5. The van der Waals surface area contributed by atoms with Gasteiger partial charge in [0.2, 0.25) is 47.3 Å². The third-order valence-electron chi connectivity index (χ3n) is 7.46. The Labute approximate surface area is 304 Å². The van der Waals surface area contributed by atoms with Crippen molar-refractivity contribution in [1.82, 2.24) is 42.5 Å². The van der Waals surface area contributed by atoms with E-state index in [1.807, 2.05) is 16.0 Å². The molecule has 0 aliphatic carbocycles. The molecule has 0 aromatic heterocycles. The molecule has 0 fully saturated rings. The number of nitrogens with two attached hydrogens (primary N) is 1. The van der Waals surface area contributed by atoms with Crippen molar-refractivity contribution in [3.05, 3.63) is 0 Å². The first-order chi connectivity index (χ1) is 24.6.